The molecule has 0 radical (unpaired) electrons. The normalized spacial score (nSPS) is 10.8. The number of benzene rings is 1. The smallest absolute Gasteiger partial charge is 0.412 e. The molecule has 1 rings (SSSR count). The summed E-state index contributed by atoms with van der Waals surface area (Å²) in [5.41, 5.74) is 1.24. The molecule has 1 amide bonds. The fourth-order valence-electron chi connectivity index (χ4n) is 1.53. The first kappa shape index (κ1) is 15.8. The summed E-state index contributed by atoms with van der Waals surface area (Å²) in [6, 6.07) is 4.88. The van der Waals surface area contributed by atoms with Gasteiger partial charge in [-0.15, -0.1) is 0 Å². The Balaban J connectivity index is 2.87. The number of carbonyl (C=O) groups is 2. The van der Waals surface area contributed by atoms with Crippen molar-refractivity contribution in [2.24, 2.45) is 0 Å². The topological polar surface area (TPSA) is 75.6 Å². The van der Waals surface area contributed by atoms with Crippen LogP contribution < -0.4 is 5.32 Å². The number of ether oxygens (including phenoxy) is 1. The van der Waals surface area contributed by atoms with Crippen molar-refractivity contribution in [1.82, 2.24) is 0 Å². The molecule has 0 bridgehead atoms. The summed E-state index contributed by atoms with van der Waals surface area (Å²) >= 11 is 0. The summed E-state index contributed by atoms with van der Waals surface area (Å²) in [6.45, 7) is 10.6. The van der Waals surface area contributed by atoms with E-state index in [1.807, 2.05) is 0 Å². The summed E-state index contributed by atoms with van der Waals surface area (Å²) < 4.78 is 5.15. The van der Waals surface area contributed by atoms with Crippen LogP contribution in [-0.4, -0.2) is 22.8 Å². The largest absolute Gasteiger partial charge is 0.478 e. The maximum Gasteiger partial charge on any atom is 0.412 e. The highest BCUT2D eigenvalue weighted by Crippen LogP contribution is 2.21. The molecule has 0 aliphatic heterocycles. The number of carboxylic acids is 1. The standard InChI is InChI=1S/C15H19NO4/c1-9-8-11(10(2)13(17)18)6-7-12(9)16-14(19)20-15(3,4)5/h6-8H,2H2,1,3-5H3,(H,16,19)(H,17,18). The van der Waals surface area contributed by atoms with E-state index in [1.165, 1.54) is 0 Å². The van der Waals surface area contributed by atoms with Gasteiger partial charge in [-0.1, -0.05) is 12.6 Å². The Morgan fingerprint density at radius 3 is 2.35 bits per heavy atom. The van der Waals surface area contributed by atoms with Crippen molar-refractivity contribution in [1.29, 1.82) is 0 Å². The van der Waals surface area contributed by atoms with E-state index in [9.17, 15) is 9.59 Å². The molecule has 0 saturated carbocycles. The minimum Gasteiger partial charge on any atom is -0.478 e. The van der Waals surface area contributed by atoms with Crippen LogP contribution in [0.5, 0.6) is 0 Å². The lowest BCUT2D eigenvalue weighted by Gasteiger charge is -2.20. The Hall–Kier alpha value is -2.30. The van der Waals surface area contributed by atoms with Crippen molar-refractivity contribution >= 4 is 23.3 Å². The molecular formula is C15H19NO4. The van der Waals surface area contributed by atoms with Gasteiger partial charge in [-0.2, -0.15) is 0 Å². The van der Waals surface area contributed by atoms with Gasteiger partial charge in [0.1, 0.15) is 5.60 Å². The van der Waals surface area contributed by atoms with E-state index in [1.54, 1.807) is 45.9 Å². The minimum atomic E-state index is -1.07. The van der Waals surface area contributed by atoms with E-state index in [0.29, 0.717) is 11.3 Å². The van der Waals surface area contributed by atoms with Crippen LogP contribution in [0.2, 0.25) is 0 Å². The number of rotatable bonds is 3. The maximum atomic E-state index is 11.7. The van der Waals surface area contributed by atoms with Gasteiger partial charge in [0.05, 0.1) is 5.57 Å². The van der Waals surface area contributed by atoms with Gasteiger partial charge in [0.15, 0.2) is 0 Å². The van der Waals surface area contributed by atoms with E-state index < -0.39 is 17.7 Å². The van der Waals surface area contributed by atoms with Crippen LogP contribution >= 0.6 is 0 Å². The Bertz CT molecular complexity index is 555. The fraction of sp³-hybridized carbons (Fsp3) is 0.333. The predicted molar refractivity (Wildman–Crippen MR) is 77.7 cm³/mol. The third-order valence-electron chi connectivity index (χ3n) is 2.47. The number of hydrogen-bond donors (Lipinski definition) is 2. The zero-order chi connectivity index (χ0) is 15.5. The summed E-state index contributed by atoms with van der Waals surface area (Å²) in [5, 5.41) is 11.5. The number of carboxylic acid groups (broad SMARTS) is 1. The molecular weight excluding hydrogens is 258 g/mol. The maximum absolute atomic E-state index is 11.7. The second kappa shape index (κ2) is 5.77. The molecule has 0 saturated heterocycles. The summed E-state index contributed by atoms with van der Waals surface area (Å²) in [5.74, 6) is -1.07. The van der Waals surface area contributed by atoms with Crippen LogP contribution in [-0.2, 0) is 9.53 Å². The number of nitrogens with one attached hydrogen (secondary N) is 1. The van der Waals surface area contributed by atoms with Crippen LogP contribution in [0.3, 0.4) is 0 Å². The molecule has 2 N–H and O–H groups in total. The SMILES string of the molecule is C=C(C(=O)O)c1ccc(NC(=O)OC(C)(C)C)c(C)c1. The Morgan fingerprint density at radius 1 is 1.30 bits per heavy atom. The molecule has 1 aromatic carbocycles. The van der Waals surface area contributed by atoms with Crippen LogP contribution in [0.15, 0.2) is 24.8 Å². The average Bonchev–Trinajstić information content (AvgIpc) is 2.28. The lowest BCUT2D eigenvalue weighted by atomic mass is 10.0. The Kier molecular flexibility index (Phi) is 4.55. The minimum absolute atomic E-state index is 0.0110. The fourth-order valence-corrected chi connectivity index (χ4v) is 1.53. The van der Waals surface area contributed by atoms with Crippen molar-refractivity contribution < 1.29 is 19.4 Å². The summed E-state index contributed by atoms with van der Waals surface area (Å²) in [7, 11) is 0. The lowest BCUT2D eigenvalue weighted by molar-refractivity contribution is -0.130. The molecule has 20 heavy (non-hydrogen) atoms. The van der Waals surface area contributed by atoms with Crippen LogP contribution in [0, 0.1) is 6.92 Å². The first-order valence-electron chi connectivity index (χ1n) is 6.13. The number of hydrogen-bond acceptors (Lipinski definition) is 3. The van der Waals surface area contributed by atoms with Gasteiger partial charge >= 0.3 is 12.1 Å². The molecule has 0 spiro atoms. The van der Waals surface area contributed by atoms with Crippen LogP contribution in [0.1, 0.15) is 31.9 Å². The Morgan fingerprint density at radius 2 is 1.90 bits per heavy atom. The molecule has 0 heterocycles. The van der Waals surface area contributed by atoms with Crippen LogP contribution in [0.4, 0.5) is 10.5 Å². The number of anilines is 1. The van der Waals surface area contributed by atoms with Gasteiger partial charge in [-0.3, -0.25) is 5.32 Å². The first-order valence-corrected chi connectivity index (χ1v) is 6.13. The molecule has 5 heteroatoms. The zero-order valence-corrected chi connectivity index (χ0v) is 12.1. The van der Waals surface area contributed by atoms with E-state index in [-0.39, 0.29) is 5.57 Å². The van der Waals surface area contributed by atoms with Crippen molar-refractivity contribution in [3.05, 3.63) is 35.9 Å². The van der Waals surface area contributed by atoms with Crippen molar-refractivity contribution in [3.8, 4) is 0 Å². The highest BCUT2D eigenvalue weighted by molar-refractivity contribution is 6.14. The van der Waals surface area contributed by atoms with E-state index in [4.69, 9.17) is 9.84 Å². The molecule has 0 aromatic heterocycles. The highest BCUT2D eigenvalue weighted by Gasteiger charge is 2.17. The van der Waals surface area contributed by atoms with Gasteiger partial charge in [0.25, 0.3) is 0 Å². The quantitative estimate of drug-likeness (QED) is 0.830. The number of aliphatic carboxylic acids is 1. The van der Waals surface area contributed by atoms with Gasteiger partial charge < -0.3 is 9.84 Å². The lowest BCUT2D eigenvalue weighted by Crippen LogP contribution is -2.27. The Labute approximate surface area is 118 Å². The molecule has 0 aliphatic carbocycles. The second-order valence-electron chi connectivity index (χ2n) is 5.44. The zero-order valence-electron chi connectivity index (χ0n) is 12.1. The third kappa shape index (κ3) is 4.42. The highest BCUT2D eigenvalue weighted by atomic mass is 16.6. The summed E-state index contributed by atoms with van der Waals surface area (Å²) in [6.07, 6.45) is -0.551. The molecule has 0 aliphatic rings. The number of carbonyl (C=O) groups excluding carboxylic acids is 1. The molecule has 108 valence electrons. The molecule has 0 fully saturated rings. The first-order chi connectivity index (χ1) is 9.10. The summed E-state index contributed by atoms with van der Waals surface area (Å²) in [4.78, 5) is 22.5. The molecule has 0 atom stereocenters. The van der Waals surface area contributed by atoms with E-state index in [2.05, 4.69) is 11.9 Å². The van der Waals surface area contributed by atoms with Gasteiger partial charge in [0, 0.05) is 5.69 Å². The monoisotopic (exact) mass is 277 g/mol. The van der Waals surface area contributed by atoms with E-state index in [0.717, 1.165) is 5.56 Å². The van der Waals surface area contributed by atoms with Gasteiger partial charge in [-0.25, -0.2) is 9.59 Å². The van der Waals surface area contributed by atoms with E-state index >= 15 is 0 Å². The number of aryl methyl sites for hydroxylation is 1. The van der Waals surface area contributed by atoms with Crippen molar-refractivity contribution in [3.63, 3.8) is 0 Å². The molecule has 5 nitrogen and oxygen atoms in total. The molecule has 0 unspecified atom stereocenters. The van der Waals surface area contributed by atoms with Crippen molar-refractivity contribution in [2.75, 3.05) is 5.32 Å². The van der Waals surface area contributed by atoms with Crippen molar-refractivity contribution in [2.45, 2.75) is 33.3 Å². The van der Waals surface area contributed by atoms with Gasteiger partial charge in [-0.05, 0) is 51.0 Å². The van der Waals surface area contributed by atoms with Crippen LogP contribution in [0.25, 0.3) is 5.57 Å². The third-order valence-corrected chi connectivity index (χ3v) is 2.47. The molecule has 1 aromatic rings. The number of amides is 1. The van der Waals surface area contributed by atoms with Gasteiger partial charge in [0.2, 0.25) is 0 Å². The second-order valence-corrected chi connectivity index (χ2v) is 5.44. The predicted octanol–water partition coefficient (Wildman–Crippen LogP) is 3.44. The average molecular weight is 277 g/mol.